The Morgan fingerprint density at radius 2 is 2.17 bits per heavy atom. The number of carboxylic acid groups (broad SMARTS) is 1. The molecule has 0 aliphatic rings. The van der Waals surface area contributed by atoms with E-state index in [0.29, 0.717) is 5.69 Å². The van der Waals surface area contributed by atoms with Gasteiger partial charge in [0.15, 0.2) is 0 Å². The van der Waals surface area contributed by atoms with Crippen molar-refractivity contribution >= 4 is 23.1 Å². The highest BCUT2D eigenvalue weighted by Crippen LogP contribution is 2.16. The number of benzene rings is 1. The number of aliphatic carboxylic acids is 1. The number of nitrogens with one attached hydrogen (secondary N) is 3. The molecule has 0 unspecified atom stereocenters. The van der Waals surface area contributed by atoms with Crippen LogP contribution in [0.25, 0.3) is 5.57 Å². The average molecular weight is 313 g/mol. The van der Waals surface area contributed by atoms with E-state index < -0.39 is 18.4 Å². The molecule has 2 rings (SSSR count). The lowest BCUT2D eigenvalue weighted by Crippen LogP contribution is -2.29. The molecule has 0 aliphatic heterocycles. The molecular formula is C13H11N7O3. The van der Waals surface area contributed by atoms with E-state index >= 15 is 0 Å². The monoisotopic (exact) mass is 313 g/mol. The second-order valence-corrected chi connectivity index (χ2v) is 4.17. The Morgan fingerprint density at radius 1 is 1.39 bits per heavy atom. The minimum absolute atomic E-state index is 0.104. The van der Waals surface area contributed by atoms with Crippen molar-refractivity contribution in [2.75, 3.05) is 11.9 Å². The minimum Gasteiger partial charge on any atom is -0.480 e. The molecule has 0 atom stereocenters. The highest BCUT2D eigenvalue weighted by atomic mass is 16.4. The van der Waals surface area contributed by atoms with Gasteiger partial charge in [0.1, 0.15) is 18.2 Å². The Bertz CT molecular complexity index is 777. The minimum atomic E-state index is -1.15. The molecule has 10 nitrogen and oxygen atoms in total. The number of H-pyrrole nitrogens is 1. The second-order valence-electron chi connectivity index (χ2n) is 4.17. The van der Waals surface area contributed by atoms with Crippen LogP contribution in [-0.4, -0.2) is 44.2 Å². The van der Waals surface area contributed by atoms with Gasteiger partial charge in [-0.2, -0.15) is 10.5 Å². The van der Waals surface area contributed by atoms with Gasteiger partial charge in [0.2, 0.25) is 5.82 Å². The molecule has 1 amide bonds. The van der Waals surface area contributed by atoms with Crippen LogP contribution in [0.3, 0.4) is 0 Å². The molecule has 0 aliphatic carbocycles. The lowest BCUT2D eigenvalue weighted by atomic mass is 10.1. The predicted molar refractivity (Wildman–Crippen MR) is 77.8 cm³/mol. The van der Waals surface area contributed by atoms with E-state index in [0.717, 1.165) is 0 Å². The zero-order valence-electron chi connectivity index (χ0n) is 11.6. The summed E-state index contributed by atoms with van der Waals surface area (Å²) in [6.45, 7) is -0.491. The van der Waals surface area contributed by atoms with Gasteiger partial charge in [-0.3, -0.25) is 9.59 Å². The lowest BCUT2D eigenvalue weighted by molar-refractivity contribution is -0.135. The normalized spacial score (nSPS) is 10.7. The number of para-hydroxylation sites is 1. The third-order valence-corrected chi connectivity index (χ3v) is 2.65. The summed E-state index contributed by atoms with van der Waals surface area (Å²) in [6, 6.07) is 8.35. The number of hydrogen-bond donors (Lipinski definition) is 4. The summed E-state index contributed by atoms with van der Waals surface area (Å²) < 4.78 is 0. The van der Waals surface area contributed by atoms with Crippen molar-refractivity contribution in [3.63, 3.8) is 0 Å². The molecule has 0 saturated heterocycles. The van der Waals surface area contributed by atoms with E-state index in [9.17, 15) is 9.59 Å². The van der Waals surface area contributed by atoms with Crippen LogP contribution in [0.5, 0.6) is 0 Å². The van der Waals surface area contributed by atoms with Crippen molar-refractivity contribution in [3.8, 4) is 6.07 Å². The Kier molecular flexibility index (Phi) is 4.98. The smallest absolute Gasteiger partial charge is 0.322 e. The van der Waals surface area contributed by atoms with E-state index in [-0.39, 0.29) is 17.0 Å². The highest BCUT2D eigenvalue weighted by Gasteiger charge is 2.12. The fourth-order valence-electron chi connectivity index (χ4n) is 1.63. The Morgan fingerprint density at radius 3 is 2.83 bits per heavy atom. The fraction of sp³-hybridized carbons (Fsp3) is 0.0769. The fourth-order valence-corrected chi connectivity index (χ4v) is 1.63. The van der Waals surface area contributed by atoms with Gasteiger partial charge in [0, 0.05) is 6.20 Å². The Hall–Kier alpha value is -3.74. The van der Waals surface area contributed by atoms with Crippen molar-refractivity contribution in [1.29, 1.82) is 5.26 Å². The highest BCUT2D eigenvalue weighted by molar-refractivity contribution is 6.01. The summed E-state index contributed by atoms with van der Waals surface area (Å²) >= 11 is 0. The van der Waals surface area contributed by atoms with Gasteiger partial charge in [-0.25, -0.2) is 0 Å². The summed E-state index contributed by atoms with van der Waals surface area (Å²) in [6.07, 6.45) is 1.33. The number of anilines is 1. The lowest BCUT2D eigenvalue weighted by Gasteiger charge is -2.09. The number of aromatic nitrogens is 4. The third kappa shape index (κ3) is 4.11. The van der Waals surface area contributed by atoms with Crippen LogP contribution in [-0.2, 0) is 4.79 Å². The molecule has 0 fully saturated rings. The largest absolute Gasteiger partial charge is 0.480 e. The third-order valence-electron chi connectivity index (χ3n) is 2.65. The molecule has 2 aromatic rings. The standard InChI is InChI=1S/C13H11N7O3/c14-5-8(12-17-19-20-18-12)6-15-10-4-2-1-3-9(10)13(23)16-7-11(21)22/h1-4,6,15H,7H2,(H,16,23)(H,21,22)(H,17,18,19,20). The molecule has 10 heteroatoms. The van der Waals surface area contributed by atoms with Crippen molar-refractivity contribution in [3.05, 3.63) is 41.9 Å². The molecule has 1 heterocycles. The van der Waals surface area contributed by atoms with Gasteiger partial charge in [0.25, 0.3) is 5.91 Å². The van der Waals surface area contributed by atoms with Crippen molar-refractivity contribution in [1.82, 2.24) is 25.9 Å². The zero-order chi connectivity index (χ0) is 16.7. The molecule has 1 aromatic heterocycles. The number of amides is 1. The maximum atomic E-state index is 12.0. The number of carbonyl (C=O) groups is 2. The quantitative estimate of drug-likeness (QED) is 0.542. The van der Waals surface area contributed by atoms with Crippen LogP contribution in [0.2, 0.25) is 0 Å². The maximum Gasteiger partial charge on any atom is 0.322 e. The molecular weight excluding hydrogens is 302 g/mol. The van der Waals surface area contributed by atoms with Gasteiger partial charge in [0.05, 0.1) is 11.3 Å². The van der Waals surface area contributed by atoms with Crippen molar-refractivity contribution in [2.45, 2.75) is 0 Å². The number of tetrazole rings is 1. The summed E-state index contributed by atoms with van der Waals surface area (Å²) in [5.41, 5.74) is 0.738. The first kappa shape index (κ1) is 15.6. The number of nitrogens with zero attached hydrogens (tertiary/aromatic N) is 4. The predicted octanol–water partition coefficient (Wildman–Crippen LogP) is -0.00932. The second kappa shape index (κ2) is 7.32. The average Bonchev–Trinajstić information content (AvgIpc) is 3.08. The molecule has 0 saturated carbocycles. The summed E-state index contributed by atoms with van der Waals surface area (Å²) in [7, 11) is 0. The van der Waals surface area contributed by atoms with Crippen LogP contribution in [0, 0.1) is 11.3 Å². The topological polar surface area (TPSA) is 157 Å². The first-order chi connectivity index (χ1) is 11.1. The Balaban J connectivity index is 2.19. The number of allylic oxidation sites excluding steroid dienone is 1. The van der Waals surface area contributed by atoms with Gasteiger partial charge in [-0.15, -0.1) is 10.2 Å². The first-order valence-electron chi connectivity index (χ1n) is 6.31. The van der Waals surface area contributed by atoms with Crippen LogP contribution in [0.4, 0.5) is 5.69 Å². The van der Waals surface area contributed by atoms with Crippen molar-refractivity contribution in [2.24, 2.45) is 0 Å². The van der Waals surface area contributed by atoms with Gasteiger partial charge >= 0.3 is 5.97 Å². The molecule has 0 radical (unpaired) electrons. The maximum absolute atomic E-state index is 12.0. The number of carbonyl (C=O) groups excluding carboxylic acids is 1. The van der Waals surface area contributed by atoms with E-state index in [1.54, 1.807) is 18.2 Å². The van der Waals surface area contributed by atoms with Crippen LogP contribution in [0.15, 0.2) is 30.5 Å². The number of aromatic amines is 1. The summed E-state index contributed by atoms with van der Waals surface area (Å²) in [4.78, 5) is 22.5. The number of nitriles is 1. The van der Waals surface area contributed by atoms with E-state index in [4.69, 9.17) is 10.4 Å². The van der Waals surface area contributed by atoms with Crippen LogP contribution in [0.1, 0.15) is 16.2 Å². The SMILES string of the molecule is N#CC(=CNc1ccccc1C(=O)NCC(=O)O)c1nn[nH]n1. The van der Waals surface area contributed by atoms with Crippen molar-refractivity contribution < 1.29 is 14.7 Å². The molecule has 116 valence electrons. The van der Waals surface area contributed by atoms with E-state index in [2.05, 4.69) is 31.3 Å². The number of rotatable bonds is 6. The van der Waals surface area contributed by atoms with Gasteiger partial charge in [-0.1, -0.05) is 12.1 Å². The summed E-state index contributed by atoms with van der Waals surface area (Å²) in [5, 5.41) is 35.7. The molecule has 23 heavy (non-hydrogen) atoms. The number of hydrogen-bond acceptors (Lipinski definition) is 7. The summed E-state index contributed by atoms with van der Waals surface area (Å²) in [5.74, 6) is -1.60. The van der Waals surface area contributed by atoms with Crippen LogP contribution >= 0.6 is 0 Å². The Labute approximate surface area is 129 Å². The molecule has 0 bridgehead atoms. The van der Waals surface area contributed by atoms with Crippen LogP contribution < -0.4 is 10.6 Å². The van der Waals surface area contributed by atoms with E-state index in [1.807, 2.05) is 6.07 Å². The van der Waals surface area contributed by atoms with Gasteiger partial charge in [-0.05, 0) is 17.3 Å². The van der Waals surface area contributed by atoms with Gasteiger partial charge < -0.3 is 15.7 Å². The van der Waals surface area contributed by atoms with E-state index in [1.165, 1.54) is 12.3 Å². The zero-order valence-corrected chi connectivity index (χ0v) is 11.6. The molecule has 4 N–H and O–H groups in total. The number of carboxylic acids is 1. The molecule has 0 spiro atoms. The first-order valence-corrected chi connectivity index (χ1v) is 6.31. The molecule has 1 aromatic carbocycles.